The Morgan fingerprint density at radius 3 is 1.27 bits per heavy atom. The van der Waals surface area contributed by atoms with Crippen molar-refractivity contribution in [2.75, 3.05) is 0 Å². The summed E-state index contributed by atoms with van der Waals surface area (Å²) in [6.45, 7) is 0. The van der Waals surface area contributed by atoms with Crippen molar-refractivity contribution in [3.8, 4) is 0 Å². The zero-order chi connectivity index (χ0) is 15.3. The van der Waals surface area contributed by atoms with E-state index in [1.807, 2.05) is 24.5 Å². The van der Waals surface area contributed by atoms with Crippen LogP contribution >= 0.6 is 0 Å². The fourth-order valence-electron chi connectivity index (χ4n) is 2.76. The molecule has 0 saturated heterocycles. The van der Waals surface area contributed by atoms with Crippen molar-refractivity contribution in [1.29, 1.82) is 0 Å². The van der Waals surface area contributed by atoms with Gasteiger partial charge in [-0.3, -0.25) is 9.97 Å². The molecule has 2 aromatic rings. The SMILES string of the molecule is c1ccc(CCCCCCCCCCc2ccccn2)nc1. The van der Waals surface area contributed by atoms with Gasteiger partial charge in [0.1, 0.15) is 0 Å². The zero-order valence-electron chi connectivity index (χ0n) is 13.6. The second kappa shape index (κ2) is 10.9. The topological polar surface area (TPSA) is 25.8 Å². The number of hydrogen-bond donors (Lipinski definition) is 0. The summed E-state index contributed by atoms with van der Waals surface area (Å²) in [5, 5.41) is 0. The molecule has 0 radical (unpaired) electrons. The van der Waals surface area contributed by atoms with Crippen molar-refractivity contribution in [2.45, 2.75) is 64.2 Å². The van der Waals surface area contributed by atoms with Gasteiger partial charge in [0.2, 0.25) is 0 Å². The molecule has 0 fully saturated rings. The molecule has 2 rings (SSSR count). The van der Waals surface area contributed by atoms with Gasteiger partial charge in [0.15, 0.2) is 0 Å². The predicted octanol–water partition coefficient (Wildman–Crippen LogP) is 5.38. The van der Waals surface area contributed by atoms with Gasteiger partial charge in [-0.1, -0.05) is 50.7 Å². The summed E-state index contributed by atoms with van der Waals surface area (Å²) in [6, 6.07) is 12.4. The summed E-state index contributed by atoms with van der Waals surface area (Å²) in [5.74, 6) is 0. The highest BCUT2D eigenvalue weighted by Gasteiger charge is 1.96. The van der Waals surface area contributed by atoms with Crippen molar-refractivity contribution < 1.29 is 0 Å². The van der Waals surface area contributed by atoms with Gasteiger partial charge < -0.3 is 0 Å². The zero-order valence-corrected chi connectivity index (χ0v) is 13.6. The third-order valence-electron chi connectivity index (χ3n) is 4.07. The first-order valence-electron chi connectivity index (χ1n) is 8.75. The summed E-state index contributed by atoms with van der Waals surface area (Å²) in [5.41, 5.74) is 2.47. The lowest BCUT2D eigenvalue weighted by molar-refractivity contribution is 0.565. The smallest absolute Gasteiger partial charge is 0.0403 e. The number of aryl methyl sites for hydroxylation is 2. The predicted molar refractivity (Wildman–Crippen MR) is 92.8 cm³/mol. The minimum absolute atomic E-state index is 1.13. The molecular weight excluding hydrogens is 268 g/mol. The van der Waals surface area contributed by atoms with Gasteiger partial charge in [-0.25, -0.2) is 0 Å². The van der Waals surface area contributed by atoms with E-state index < -0.39 is 0 Å². The van der Waals surface area contributed by atoms with E-state index in [0.717, 1.165) is 12.8 Å². The van der Waals surface area contributed by atoms with Crippen LogP contribution in [0.15, 0.2) is 48.8 Å². The molecule has 0 N–H and O–H groups in total. The Morgan fingerprint density at radius 2 is 0.909 bits per heavy atom. The summed E-state index contributed by atoms with van der Waals surface area (Å²) in [6.07, 6.45) is 16.8. The van der Waals surface area contributed by atoms with E-state index in [1.165, 1.54) is 62.8 Å². The maximum Gasteiger partial charge on any atom is 0.0403 e. The van der Waals surface area contributed by atoms with Crippen LogP contribution in [0.5, 0.6) is 0 Å². The number of unbranched alkanes of at least 4 members (excludes halogenated alkanes) is 7. The fourth-order valence-corrected chi connectivity index (χ4v) is 2.76. The summed E-state index contributed by atoms with van der Waals surface area (Å²) >= 11 is 0. The molecule has 0 spiro atoms. The van der Waals surface area contributed by atoms with Crippen LogP contribution in [0.25, 0.3) is 0 Å². The van der Waals surface area contributed by atoms with Crippen LogP contribution in [0, 0.1) is 0 Å². The van der Waals surface area contributed by atoms with Crippen molar-refractivity contribution in [3.63, 3.8) is 0 Å². The standard InChI is InChI=1S/C20H28N2/c1(3-5-7-13-19-15-9-11-17-21-19)2-4-6-8-14-20-16-10-12-18-22-20/h9-12,15-18H,1-8,13-14H2. The van der Waals surface area contributed by atoms with Crippen molar-refractivity contribution in [2.24, 2.45) is 0 Å². The average Bonchev–Trinajstić information content (AvgIpc) is 2.58. The third kappa shape index (κ3) is 7.35. The van der Waals surface area contributed by atoms with Crippen LogP contribution in [0.2, 0.25) is 0 Å². The normalized spacial score (nSPS) is 10.7. The molecule has 118 valence electrons. The van der Waals surface area contributed by atoms with Crippen molar-refractivity contribution >= 4 is 0 Å². The largest absolute Gasteiger partial charge is 0.261 e. The first-order chi connectivity index (χ1) is 10.9. The molecule has 0 aromatic carbocycles. The van der Waals surface area contributed by atoms with E-state index in [4.69, 9.17) is 0 Å². The van der Waals surface area contributed by atoms with Gasteiger partial charge in [-0.2, -0.15) is 0 Å². The van der Waals surface area contributed by atoms with Gasteiger partial charge in [0.25, 0.3) is 0 Å². The van der Waals surface area contributed by atoms with E-state index >= 15 is 0 Å². The van der Waals surface area contributed by atoms with E-state index in [1.54, 1.807) is 0 Å². The maximum atomic E-state index is 4.37. The maximum absolute atomic E-state index is 4.37. The van der Waals surface area contributed by atoms with E-state index in [9.17, 15) is 0 Å². The molecule has 0 aliphatic rings. The van der Waals surface area contributed by atoms with E-state index in [2.05, 4.69) is 34.2 Å². The second-order valence-electron chi connectivity index (χ2n) is 5.97. The summed E-state index contributed by atoms with van der Waals surface area (Å²) in [7, 11) is 0. The van der Waals surface area contributed by atoms with Gasteiger partial charge in [-0.05, 0) is 49.9 Å². The van der Waals surface area contributed by atoms with E-state index in [-0.39, 0.29) is 0 Å². The molecule has 0 amide bonds. The number of pyridine rings is 2. The third-order valence-corrected chi connectivity index (χ3v) is 4.07. The average molecular weight is 296 g/mol. The Kier molecular flexibility index (Phi) is 8.29. The summed E-state index contributed by atoms with van der Waals surface area (Å²) in [4.78, 5) is 8.73. The molecule has 2 aromatic heterocycles. The molecule has 0 bridgehead atoms. The highest BCUT2D eigenvalue weighted by atomic mass is 14.7. The van der Waals surface area contributed by atoms with Crippen LogP contribution in [0.4, 0.5) is 0 Å². The molecule has 22 heavy (non-hydrogen) atoms. The van der Waals surface area contributed by atoms with Crippen LogP contribution in [-0.2, 0) is 12.8 Å². The van der Waals surface area contributed by atoms with Gasteiger partial charge in [0, 0.05) is 23.8 Å². The second-order valence-corrected chi connectivity index (χ2v) is 5.97. The quantitative estimate of drug-likeness (QED) is 0.520. The number of rotatable bonds is 11. The Bertz CT molecular complexity index is 434. The number of aromatic nitrogens is 2. The highest BCUT2D eigenvalue weighted by Crippen LogP contribution is 2.11. The molecule has 0 unspecified atom stereocenters. The fraction of sp³-hybridized carbons (Fsp3) is 0.500. The molecule has 0 aliphatic carbocycles. The van der Waals surface area contributed by atoms with Crippen LogP contribution < -0.4 is 0 Å². The lowest BCUT2D eigenvalue weighted by Gasteiger charge is -2.03. The van der Waals surface area contributed by atoms with Gasteiger partial charge in [-0.15, -0.1) is 0 Å². The number of nitrogens with zero attached hydrogens (tertiary/aromatic N) is 2. The lowest BCUT2D eigenvalue weighted by Crippen LogP contribution is -1.90. The van der Waals surface area contributed by atoms with Crippen LogP contribution in [-0.4, -0.2) is 9.97 Å². The van der Waals surface area contributed by atoms with Gasteiger partial charge in [0.05, 0.1) is 0 Å². The molecule has 0 saturated carbocycles. The number of hydrogen-bond acceptors (Lipinski definition) is 2. The monoisotopic (exact) mass is 296 g/mol. The van der Waals surface area contributed by atoms with Gasteiger partial charge >= 0.3 is 0 Å². The van der Waals surface area contributed by atoms with Crippen molar-refractivity contribution in [3.05, 3.63) is 60.2 Å². The van der Waals surface area contributed by atoms with Crippen LogP contribution in [0.1, 0.15) is 62.8 Å². The first-order valence-corrected chi connectivity index (χ1v) is 8.75. The Labute approximate surface area is 135 Å². The Morgan fingerprint density at radius 1 is 0.500 bits per heavy atom. The van der Waals surface area contributed by atoms with Crippen molar-refractivity contribution in [1.82, 2.24) is 9.97 Å². The Hall–Kier alpha value is -1.70. The molecule has 2 nitrogen and oxygen atoms in total. The minimum Gasteiger partial charge on any atom is -0.261 e. The van der Waals surface area contributed by atoms with E-state index in [0.29, 0.717) is 0 Å². The molecule has 2 heteroatoms. The summed E-state index contributed by atoms with van der Waals surface area (Å²) < 4.78 is 0. The molecule has 0 atom stereocenters. The lowest BCUT2D eigenvalue weighted by atomic mass is 10.0. The molecule has 2 heterocycles. The first kappa shape index (κ1) is 16.7. The minimum atomic E-state index is 1.13. The molecule has 0 aliphatic heterocycles. The Balaban J connectivity index is 1.37. The molecular formula is C20H28N2. The van der Waals surface area contributed by atoms with Crippen LogP contribution in [0.3, 0.4) is 0 Å². The highest BCUT2D eigenvalue weighted by molar-refractivity contribution is 5.03.